The molecule has 4 N–H and O–H groups in total. The number of carbonyl (C=O) groups excluding carboxylic acids is 3. The van der Waals surface area contributed by atoms with Crippen molar-refractivity contribution in [2.45, 2.75) is 12.8 Å². The lowest BCUT2D eigenvalue weighted by atomic mass is 9.97. The second kappa shape index (κ2) is 9.09. The van der Waals surface area contributed by atoms with E-state index in [1.807, 2.05) is 6.07 Å². The van der Waals surface area contributed by atoms with Crippen LogP contribution in [0, 0.1) is 5.92 Å². The average molecular weight is 396 g/mol. The van der Waals surface area contributed by atoms with Crippen molar-refractivity contribution in [3.63, 3.8) is 0 Å². The fourth-order valence-electron chi connectivity index (χ4n) is 3.28. The van der Waals surface area contributed by atoms with E-state index < -0.39 is 6.03 Å². The number of nitrogens with zero attached hydrogens (tertiary/aromatic N) is 1. The number of methoxy groups -OCH3 is 1. The number of piperidine rings is 1. The zero-order chi connectivity index (χ0) is 20.8. The molecule has 1 saturated heterocycles. The molecule has 29 heavy (non-hydrogen) atoms. The average Bonchev–Trinajstić information content (AvgIpc) is 2.74. The molecule has 0 unspecified atom stereocenters. The predicted molar refractivity (Wildman–Crippen MR) is 110 cm³/mol. The van der Waals surface area contributed by atoms with Crippen LogP contribution in [0.5, 0.6) is 5.75 Å². The second-order valence-electron chi connectivity index (χ2n) is 6.84. The fraction of sp³-hybridized carbons (Fsp3) is 0.286. The van der Waals surface area contributed by atoms with Gasteiger partial charge in [0.05, 0.1) is 18.7 Å². The summed E-state index contributed by atoms with van der Waals surface area (Å²) in [5, 5.41) is 5.64. The van der Waals surface area contributed by atoms with Crippen LogP contribution in [-0.4, -0.2) is 42.9 Å². The van der Waals surface area contributed by atoms with Gasteiger partial charge in [-0.15, -0.1) is 0 Å². The monoisotopic (exact) mass is 396 g/mol. The summed E-state index contributed by atoms with van der Waals surface area (Å²) in [7, 11) is 1.54. The first kappa shape index (κ1) is 20.2. The van der Waals surface area contributed by atoms with Gasteiger partial charge in [0, 0.05) is 24.3 Å². The SMILES string of the molecule is COc1ccccc1NC(=O)c1ccc(NC(=O)[C@H]2CCCN(C(N)=O)C2)cc1. The molecule has 1 aliphatic heterocycles. The molecule has 8 heteroatoms. The maximum atomic E-state index is 12.5. The maximum absolute atomic E-state index is 12.5. The number of benzene rings is 2. The van der Waals surface area contributed by atoms with E-state index in [1.165, 1.54) is 12.0 Å². The van der Waals surface area contributed by atoms with Gasteiger partial charge in [0.15, 0.2) is 0 Å². The lowest BCUT2D eigenvalue weighted by Gasteiger charge is -2.30. The first-order valence-electron chi connectivity index (χ1n) is 9.37. The number of urea groups is 1. The molecule has 0 saturated carbocycles. The number of nitrogens with one attached hydrogen (secondary N) is 2. The van der Waals surface area contributed by atoms with E-state index in [0.29, 0.717) is 42.2 Å². The summed E-state index contributed by atoms with van der Waals surface area (Å²) in [5.41, 5.74) is 6.92. The van der Waals surface area contributed by atoms with Crippen molar-refractivity contribution in [1.82, 2.24) is 4.90 Å². The van der Waals surface area contributed by atoms with Crippen LogP contribution < -0.4 is 21.1 Å². The largest absolute Gasteiger partial charge is 0.495 e. The number of hydrogen-bond donors (Lipinski definition) is 3. The molecule has 1 heterocycles. The Morgan fingerprint density at radius 3 is 2.48 bits per heavy atom. The van der Waals surface area contributed by atoms with Crippen LogP contribution in [0.3, 0.4) is 0 Å². The van der Waals surface area contributed by atoms with Crippen molar-refractivity contribution < 1.29 is 19.1 Å². The Balaban J connectivity index is 1.60. The first-order chi connectivity index (χ1) is 14.0. The molecular formula is C21H24N4O4. The number of anilines is 2. The summed E-state index contributed by atoms with van der Waals surface area (Å²) in [6.07, 6.45) is 1.44. The number of amides is 4. The number of likely N-dealkylation sites (tertiary alicyclic amines) is 1. The number of carbonyl (C=O) groups is 3. The molecule has 3 rings (SSSR count). The highest BCUT2D eigenvalue weighted by Crippen LogP contribution is 2.24. The molecule has 0 radical (unpaired) electrons. The van der Waals surface area contributed by atoms with Crippen LogP contribution in [-0.2, 0) is 4.79 Å². The van der Waals surface area contributed by atoms with Gasteiger partial charge in [-0.05, 0) is 49.2 Å². The van der Waals surface area contributed by atoms with Crippen molar-refractivity contribution in [3.05, 3.63) is 54.1 Å². The smallest absolute Gasteiger partial charge is 0.314 e. The van der Waals surface area contributed by atoms with Gasteiger partial charge in [0.2, 0.25) is 5.91 Å². The molecule has 0 aromatic heterocycles. The number of para-hydroxylation sites is 2. The molecule has 2 aromatic rings. The Morgan fingerprint density at radius 1 is 1.07 bits per heavy atom. The zero-order valence-electron chi connectivity index (χ0n) is 16.2. The fourth-order valence-corrected chi connectivity index (χ4v) is 3.28. The van der Waals surface area contributed by atoms with Crippen LogP contribution in [0.2, 0.25) is 0 Å². The third-order valence-corrected chi connectivity index (χ3v) is 4.87. The Morgan fingerprint density at radius 2 is 1.79 bits per heavy atom. The molecule has 0 aliphatic carbocycles. The van der Waals surface area contributed by atoms with Crippen molar-refractivity contribution in [2.24, 2.45) is 11.7 Å². The maximum Gasteiger partial charge on any atom is 0.314 e. The molecule has 8 nitrogen and oxygen atoms in total. The molecule has 2 aromatic carbocycles. The topological polar surface area (TPSA) is 114 Å². The van der Waals surface area contributed by atoms with Crippen molar-refractivity contribution in [1.29, 1.82) is 0 Å². The quantitative estimate of drug-likeness (QED) is 0.721. The summed E-state index contributed by atoms with van der Waals surface area (Å²) in [5.74, 6) is -0.175. The van der Waals surface area contributed by atoms with E-state index in [2.05, 4.69) is 10.6 Å². The molecule has 1 aliphatic rings. The Hall–Kier alpha value is -3.55. The van der Waals surface area contributed by atoms with Gasteiger partial charge < -0.3 is 26.0 Å². The first-order valence-corrected chi connectivity index (χ1v) is 9.37. The summed E-state index contributed by atoms with van der Waals surface area (Å²) in [6.45, 7) is 0.898. The van der Waals surface area contributed by atoms with Gasteiger partial charge in [0.1, 0.15) is 5.75 Å². The highest BCUT2D eigenvalue weighted by Gasteiger charge is 2.27. The molecule has 0 spiro atoms. The van der Waals surface area contributed by atoms with Crippen molar-refractivity contribution in [2.75, 3.05) is 30.8 Å². The van der Waals surface area contributed by atoms with Gasteiger partial charge >= 0.3 is 6.03 Å². The third-order valence-electron chi connectivity index (χ3n) is 4.87. The summed E-state index contributed by atoms with van der Waals surface area (Å²) >= 11 is 0. The minimum absolute atomic E-state index is 0.165. The van der Waals surface area contributed by atoms with Crippen molar-refractivity contribution in [3.8, 4) is 5.75 Å². The van der Waals surface area contributed by atoms with Crippen LogP contribution in [0.25, 0.3) is 0 Å². The van der Waals surface area contributed by atoms with E-state index in [-0.39, 0.29) is 17.7 Å². The molecule has 1 atom stereocenters. The highest BCUT2D eigenvalue weighted by molar-refractivity contribution is 6.05. The van der Waals surface area contributed by atoms with E-state index >= 15 is 0 Å². The second-order valence-corrected chi connectivity index (χ2v) is 6.84. The van der Waals surface area contributed by atoms with Crippen LogP contribution in [0.4, 0.5) is 16.2 Å². The zero-order valence-corrected chi connectivity index (χ0v) is 16.2. The van der Waals surface area contributed by atoms with Gasteiger partial charge in [-0.2, -0.15) is 0 Å². The van der Waals surface area contributed by atoms with Gasteiger partial charge in [-0.1, -0.05) is 12.1 Å². The van der Waals surface area contributed by atoms with Gasteiger partial charge in [0.25, 0.3) is 5.91 Å². The van der Waals surface area contributed by atoms with E-state index in [9.17, 15) is 14.4 Å². The standard InChI is InChI=1S/C21H24N4O4/c1-29-18-7-3-2-6-17(18)24-19(26)14-8-10-16(11-9-14)23-20(27)15-5-4-12-25(13-15)21(22)28/h2-3,6-11,15H,4-5,12-13H2,1H3,(H2,22,28)(H,23,27)(H,24,26)/t15-/m0/s1. The number of hydrogen-bond acceptors (Lipinski definition) is 4. The molecule has 0 bridgehead atoms. The predicted octanol–water partition coefficient (Wildman–Crippen LogP) is 2.68. The number of nitrogens with two attached hydrogens (primary N) is 1. The van der Waals surface area contributed by atoms with Crippen molar-refractivity contribution >= 4 is 29.2 Å². The van der Waals surface area contributed by atoms with Crippen LogP contribution in [0.15, 0.2) is 48.5 Å². The third kappa shape index (κ3) is 5.04. The molecule has 152 valence electrons. The Labute approximate surface area is 169 Å². The van der Waals surface area contributed by atoms with E-state index in [0.717, 1.165) is 6.42 Å². The lowest BCUT2D eigenvalue weighted by Crippen LogP contribution is -2.46. The van der Waals surface area contributed by atoms with E-state index in [1.54, 1.807) is 42.5 Å². The summed E-state index contributed by atoms with van der Waals surface area (Å²) in [4.78, 5) is 37.8. The van der Waals surface area contributed by atoms with Gasteiger partial charge in [-0.25, -0.2) is 4.79 Å². The van der Waals surface area contributed by atoms with Crippen LogP contribution in [0.1, 0.15) is 23.2 Å². The normalized spacial score (nSPS) is 16.0. The van der Waals surface area contributed by atoms with Crippen LogP contribution >= 0.6 is 0 Å². The minimum Gasteiger partial charge on any atom is -0.495 e. The van der Waals surface area contributed by atoms with Gasteiger partial charge in [-0.3, -0.25) is 9.59 Å². The number of rotatable bonds is 5. The lowest BCUT2D eigenvalue weighted by molar-refractivity contribution is -0.121. The number of ether oxygens (including phenoxy) is 1. The highest BCUT2D eigenvalue weighted by atomic mass is 16.5. The number of primary amides is 1. The summed E-state index contributed by atoms with van der Waals surface area (Å²) < 4.78 is 5.23. The minimum atomic E-state index is -0.507. The Bertz CT molecular complexity index is 898. The molecule has 4 amide bonds. The molecule has 1 fully saturated rings. The Kier molecular flexibility index (Phi) is 6.33. The molecular weight excluding hydrogens is 372 g/mol. The summed E-state index contributed by atoms with van der Waals surface area (Å²) in [6, 6.07) is 13.3. The van der Waals surface area contributed by atoms with E-state index in [4.69, 9.17) is 10.5 Å².